The van der Waals surface area contributed by atoms with E-state index < -0.39 is 6.04 Å². The van der Waals surface area contributed by atoms with Crippen LogP contribution in [0.1, 0.15) is 45.6 Å². The highest BCUT2D eigenvalue weighted by atomic mass is 16.5. The van der Waals surface area contributed by atoms with Gasteiger partial charge in [0.2, 0.25) is 0 Å². The van der Waals surface area contributed by atoms with E-state index in [9.17, 15) is 9.59 Å². The Morgan fingerprint density at radius 2 is 1.64 bits per heavy atom. The minimum absolute atomic E-state index is 0.249. The molecule has 3 rings (SSSR count). The third-order valence-electron chi connectivity index (χ3n) is 5.48. The molecule has 0 fully saturated rings. The summed E-state index contributed by atoms with van der Waals surface area (Å²) in [6.45, 7) is 8.18. The largest absolute Gasteiger partial charge is 0.497 e. The van der Waals surface area contributed by atoms with Gasteiger partial charge in [-0.25, -0.2) is 0 Å². The fraction of sp³-hybridized carbons (Fsp3) is 0.259. The number of nitrogens with one attached hydrogen (secondary N) is 2. The van der Waals surface area contributed by atoms with E-state index in [1.165, 1.54) is 5.01 Å². The van der Waals surface area contributed by atoms with Crippen molar-refractivity contribution in [2.45, 2.75) is 33.7 Å². The summed E-state index contributed by atoms with van der Waals surface area (Å²) in [5.41, 5.74) is 8.20. The molecule has 0 saturated heterocycles. The van der Waals surface area contributed by atoms with Crippen molar-refractivity contribution in [1.29, 1.82) is 0 Å². The predicted octanol–water partition coefficient (Wildman–Crippen LogP) is 4.97. The van der Waals surface area contributed by atoms with Crippen LogP contribution in [0.3, 0.4) is 0 Å². The van der Waals surface area contributed by atoms with Gasteiger partial charge in [0.05, 0.1) is 12.8 Å². The van der Waals surface area contributed by atoms with Crippen LogP contribution in [0.15, 0.2) is 66.7 Å². The molecular weight excluding hydrogens is 414 g/mol. The minimum atomic E-state index is -0.843. The van der Waals surface area contributed by atoms with Crippen LogP contribution in [0.25, 0.3) is 0 Å². The fourth-order valence-electron chi connectivity index (χ4n) is 3.69. The molecule has 0 aromatic heterocycles. The lowest BCUT2D eigenvalue weighted by Crippen LogP contribution is -2.45. The monoisotopic (exact) mass is 445 g/mol. The number of benzene rings is 3. The number of aryl methyl sites for hydroxylation is 3. The molecule has 1 atom stereocenters. The minimum Gasteiger partial charge on any atom is -0.497 e. The summed E-state index contributed by atoms with van der Waals surface area (Å²) in [7, 11) is 1.61. The smallest absolute Gasteiger partial charge is 0.268 e. The predicted molar refractivity (Wildman–Crippen MR) is 131 cm³/mol. The number of ether oxygens (including phenoxy) is 1. The van der Waals surface area contributed by atoms with Gasteiger partial charge in [-0.15, -0.1) is 0 Å². The molecule has 1 unspecified atom stereocenters. The van der Waals surface area contributed by atoms with E-state index >= 15 is 0 Å². The first-order valence-corrected chi connectivity index (χ1v) is 11.0. The standard InChI is InChI=1S/C27H31N3O3/c1-6-30(29-22-11-13-23(33-5)14-12-22)27(32)25(24-15-10-19(3)16-20(24)4)28-26(31)21-9-7-8-18(2)17-21/h7-17,25,29H,6H2,1-5H3,(H,28,31). The fourth-order valence-corrected chi connectivity index (χ4v) is 3.69. The van der Waals surface area contributed by atoms with Gasteiger partial charge in [-0.2, -0.15) is 0 Å². The Morgan fingerprint density at radius 3 is 2.24 bits per heavy atom. The number of methoxy groups -OCH3 is 1. The van der Waals surface area contributed by atoms with Crippen LogP contribution < -0.4 is 15.5 Å². The van der Waals surface area contributed by atoms with Crippen molar-refractivity contribution >= 4 is 17.5 Å². The number of hydrazine groups is 1. The molecule has 3 aromatic carbocycles. The van der Waals surface area contributed by atoms with Crippen molar-refractivity contribution < 1.29 is 14.3 Å². The molecule has 0 aliphatic heterocycles. The van der Waals surface area contributed by atoms with Gasteiger partial charge in [-0.1, -0.05) is 41.5 Å². The average Bonchev–Trinajstić information content (AvgIpc) is 2.81. The van der Waals surface area contributed by atoms with E-state index in [4.69, 9.17) is 4.74 Å². The maximum Gasteiger partial charge on any atom is 0.268 e. The Bertz CT molecular complexity index is 1130. The normalized spacial score (nSPS) is 11.4. The van der Waals surface area contributed by atoms with Gasteiger partial charge in [0.15, 0.2) is 0 Å². The molecule has 6 heteroatoms. The van der Waals surface area contributed by atoms with Gasteiger partial charge in [-0.3, -0.25) is 20.0 Å². The Morgan fingerprint density at radius 1 is 0.939 bits per heavy atom. The molecule has 0 spiro atoms. The number of hydrogen-bond acceptors (Lipinski definition) is 4. The SMILES string of the molecule is CCN(Nc1ccc(OC)cc1)C(=O)C(NC(=O)c1cccc(C)c1)c1ccc(C)cc1C. The first-order chi connectivity index (χ1) is 15.8. The number of nitrogens with zero attached hydrogens (tertiary/aromatic N) is 1. The maximum absolute atomic E-state index is 13.7. The second kappa shape index (κ2) is 10.7. The van der Waals surface area contributed by atoms with Crippen LogP contribution in [0.4, 0.5) is 5.69 Å². The van der Waals surface area contributed by atoms with Crippen LogP contribution in [-0.2, 0) is 4.79 Å². The van der Waals surface area contributed by atoms with E-state index in [0.29, 0.717) is 12.1 Å². The lowest BCUT2D eigenvalue weighted by molar-refractivity contribution is -0.131. The maximum atomic E-state index is 13.7. The highest BCUT2D eigenvalue weighted by molar-refractivity contribution is 5.98. The van der Waals surface area contributed by atoms with Crippen LogP contribution in [0.5, 0.6) is 5.75 Å². The molecule has 0 heterocycles. The number of carbonyl (C=O) groups excluding carboxylic acids is 2. The van der Waals surface area contributed by atoms with Gasteiger partial charge >= 0.3 is 0 Å². The first-order valence-electron chi connectivity index (χ1n) is 11.0. The molecule has 0 bridgehead atoms. The van der Waals surface area contributed by atoms with E-state index in [2.05, 4.69) is 10.7 Å². The Balaban J connectivity index is 1.92. The van der Waals surface area contributed by atoms with Crippen molar-refractivity contribution in [1.82, 2.24) is 10.3 Å². The lowest BCUT2D eigenvalue weighted by atomic mass is 9.98. The molecule has 172 valence electrons. The summed E-state index contributed by atoms with van der Waals surface area (Å²) >= 11 is 0. The molecule has 0 saturated carbocycles. The zero-order valence-electron chi connectivity index (χ0n) is 19.8. The number of amides is 2. The highest BCUT2D eigenvalue weighted by Gasteiger charge is 2.29. The summed E-state index contributed by atoms with van der Waals surface area (Å²) in [6, 6.07) is 19.7. The summed E-state index contributed by atoms with van der Waals surface area (Å²) in [4.78, 5) is 26.8. The Kier molecular flexibility index (Phi) is 7.72. The van der Waals surface area contributed by atoms with Crippen molar-refractivity contribution in [2.24, 2.45) is 0 Å². The molecule has 33 heavy (non-hydrogen) atoms. The second-order valence-electron chi connectivity index (χ2n) is 8.06. The van der Waals surface area contributed by atoms with Crippen LogP contribution >= 0.6 is 0 Å². The molecule has 2 amide bonds. The average molecular weight is 446 g/mol. The quantitative estimate of drug-likeness (QED) is 0.481. The first kappa shape index (κ1) is 23.9. The summed E-state index contributed by atoms with van der Waals surface area (Å²) in [5.74, 6) is 0.187. The number of hydrogen-bond donors (Lipinski definition) is 2. The zero-order valence-corrected chi connectivity index (χ0v) is 19.8. The van der Waals surface area contributed by atoms with Crippen molar-refractivity contribution in [3.05, 3.63) is 94.5 Å². The molecule has 0 aliphatic rings. The molecule has 0 aliphatic carbocycles. The molecule has 3 aromatic rings. The van der Waals surface area contributed by atoms with Crippen LogP contribution in [-0.4, -0.2) is 30.5 Å². The molecule has 2 N–H and O–H groups in total. The Labute approximate surface area is 195 Å². The van der Waals surface area contributed by atoms with E-state index in [1.807, 2.05) is 88.4 Å². The molecule has 0 radical (unpaired) electrons. The van der Waals surface area contributed by atoms with Crippen molar-refractivity contribution in [3.63, 3.8) is 0 Å². The third-order valence-corrected chi connectivity index (χ3v) is 5.48. The molecule has 6 nitrogen and oxygen atoms in total. The second-order valence-corrected chi connectivity index (χ2v) is 8.06. The van der Waals surface area contributed by atoms with Gasteiger partial charge in [0.25, 0.3) is 11.8 Å². The number of carbonyl (C=O) groups is 2. The van der Waals surface area contributed by atoms with E-state index in [0.717, 1.165) is 33.7 Å². The van der Waals surface area contributed by atoms with Crippen molar-refractivity contribution in [2.75, 3.05) is 19.1 Å². The summed E-state index contributed by atoms with van der Waals surface area (Å²) < 4.78 is 5.21. The van der Waals surface area contributed by atoms with Gasteiger partial charge in [-0.05, 0) is 75.2 Å². The summed E-state index contributed by atoms with van der Waals surface area (Å²) in [6.07, 6.45) is 0. The Hall–Kier alpha value is -3.80. The lowest BCUT2D eigenvalue weighted by Gasteiger charge is -2.29. The van der Waals surface area contributed by atoms with Gasteiger partial charge < -0.3 is 10.1 Å². The highest BCUT2D eigenvalue weighted by Crippen LogP contribution is 2.23. The number of anilines is 1. The topological polar surface area (TPSA) is 70.7 Å². The molecular formula is C27H31N3O3. The van der Waals surface area contributed by atoms with Gasteiger partial charge in [0.1, 0.15) is 11.8 Å². The van der Waals surface area contributed by atoms with Crippen LogP contribution in [0.2, 0.25) is 0 Å². The van der Waals surface area contributed by atoms with Crippen LogP contribution in [0, 0.1) is 20.8 Å². The van der Waals surface area contributed by atoms with Crippen molar-refractivity contribution in [3.8, 4) is 5.75 Å². The van der Waals surface area contributed by atoms with E-state index in [1.54, 1.807) is 13.2 Å². The van der Waals surface area contributed by atoms with Gasteiger partial charge in [0, 0.05) is 12.1 Å². The van der Waals surface area contributed by atoms with E-state index in [-0.39, 0.29) is 11.8 Å². The number of rotatable bonds is 8. The number of likely N-dealkylation sites (N-methyl/N-ethyl adjacent to an activating group) is 1. The summed E-state index contributed by atoms with van der Waals surface area (Å²) in [5, 5.41) is 4.48. The zero-order chi connectivity index (χ0) is 24.0. The third kappa shape index (κ3) is 5.92.